The molecule has 1 spiro atoms. The molecule has 3 heterocycles. The molecule has 1 aromatic heterocycles. The zero-order valence-corrected chi connectivity index (χ0v) is 13.4. The first-order chi connectivity index (χ1) is 12.5. The Hall–Kier alpha value is -3.68. The van der Waals surface area contributed by atoms with Crippen LogP contribution in [-0.2, 0) is 19.9 Å². The van der Waals surface area contributed by atoms with E-state index in [1.165, 1.54) is 6.26 Å². The normalized spacial score (nSPS) is 21.2. The van der Waals surface area contributed by atoms with Gasteiger partial charge in [0.1, 0.15) is 11.5 Å². The highest BCUT2D eigenvalue weighted by Gasteiger charge is 2.57. The molecule has 8 heteroatoms. The number of hydrogen-bond donors (Lipinski definition) is 2. The van der Waals surface area contributed by atoms with Gasteiger partial charge in [-0.2, -0.15) is 5.10 Å². The number of carboxylic acids is 1. The van der Waals surface area contributed by atoms with Gasteiger partial charge in [-0.05, 0) is 18.2 Å². The number of hydrazone groups is 1. The van der Waals surface area contributed by atoms with Crippen LogP contribution >= 0.6 is 0 Å². The van der Waals surface area contributed by atoms with Crippen LogP contribution in [0.2, 0.25) is 0 Å². The second-order valence-electron chi connectivity index (χ2n) is 5.88. The lowest BCUT2D eigenvalue weighted by molar-refractivity contribution is -0.140. The lowest BCUT2D eigenvalue weighted by atomic mass is 9.86. The monoisotopic (exact) mass is 351 g/mol. The van der Waals surface area contributed by atoms with E-state index < -0.39 is 23.3 Å². The minimum atomic E-state index is -1.38. The number of nitrogens with one attached hydrogen (secondary N) is 1. The second-order valence-corrected chi connectivity index (χ2v) is 5.88. The fourth-order valence-electron chi connectivity index (χ4n) is 3.27. The molecule has 0 aliphatic carbocycles. The summed E-state index contributed by atoms with van der Waals surface area (Å²) in [7, 11) is 0. The molecule has 0 saturated heterocycles. The molecule has 0 radical (unpaired) electrons. The van der Waals surface area contributed by atoms with Crippen molar-refractivity contribution in [2.75, 3.05) is 5.32 Å². The summed E-state index contributed by atoms with van der Waals surface area (Å²) in [5.41, 5.74) is 0.248. The van der Waals surface area contributed by atoms with Gasteiger partial charge in [0.25, 0.3) is 11.8 Å². The molecule has 0 unspecified atom stereocenters. The fourth-order valence-corrected chi connectivity index (χ4v) is 3.27. The zero-order chi connectivity index (χ0) is 18.3. The quantitative estimate of drug-likeness (QED) is 0.818. The maximum absolute atomic E-state index is 12.9. The molecule has 8 nitrogen and oxygen atoms in total. The van der Waals surface area contributed by atoms with Crippen molar-refractivity contribution in [1.29, 1.82) is 0 Å². The fraction of sp³-hybridized carbons (Fsp3) is 0.111. The number of rotatable bonds is 3. The molecule has 2 amide bonds. The first kappa shape index (κ1) is 15.8. The number of anilines is 1. The average molecular weight is 351 g/mol. The molecule has 2 aliphatic rings. The van der Waals surface area contributed by atoms with Crippen LogP contribution in [0.1, 0.15) is 17.7 Å². The lowest BCUT2D eigenvalue weighted by Crippen LogP contribution is -2.48. The summed E-state index contributed by atoms with van der Waals surface area (Å²) in [6.07, 6.45) is 3.19. The van der Waals surface area contributed by atoms with Crippen LogP contribution < -0.4 is 5.32 Å². The third kappa shape index (κ3) is 2.23. The van der Waals surface area contributed by atoms with Gasteiger partial charge in [-0.3, -0.25) is 9.59 Å². The van der Waals surface area contributed by atoms with Gasteiger partial charge in [0, 0.05) is 29.8 Å². The Morgan fingerprint density at radius 3 is 2.77 bits per heavy atom. The number of carboxylic acid groups (broad SMARTS) is 1. The summed E-state index contributed by atoms with van der Waals surface area (Å²) in [6.45, 7) is 0. The lowest BCUT2D eigenvalue weighted by Gasteiger charge is -2.29. The summed E-state index contributed by atoms with van der Waals surface area (Å²) >= 11 is 0. The van der Waals surface area contributed by atoms with Crippen molar-refractivity contribution in [2.45, 2.75) is 12.0 Å². The summed E-state index contributed by atoms with van der Waals surface area (Å²) in [4.78, 5) is 36.3. The smallest absolute Gasteiger partial charge is 0.328 e. The maximum Gasteiger partial charge on any atom is 0.328 e. The third-order valence-electron chi connectivity index (χ3n) is 4.38. The minimum absolute atomic E-state index is 0.121. The first-order valence-electron chi connectivity index (χ1n) is 7.80. The molecule has 2 aliphatic heterocycles. The Bertz CT molecular complexity index is 976. The standard InChI is InChI=1S/C18H13N3O5/c22-15(7-8-16(23)24)21-18(10-13(20-21)14-6-3-9-26-14)11-4-1-2-5-12(11)19-17(18)25/h1-9H,10H2,(H,19,25)(H,23,24)/b8-7-/t18-/m1/s1. The molecule has 130 valence electrons. The van der Waals surface area contributed by atoms with Crippen LogP contribution in [0.3, 0.4) is 0 Å². The highest BCUT2D eigenvalue weighted by Crippen LogP contribution is 2.47. The number of carbonyl (C=O) groups is 3. The van der Waals surface area contributed by atoms with Crippen molar-refractivity contribution in [3.05, 3.63) is 66.1 Å². The van der Waals surface area contributed by atoms with Gasteiger partial charge < -0.3 is 14.8 Å². The summed E-state index contributed by atoms with van der Waals surface area (Å²) in [6, 6.07) is 10.4. The van der Waals surface area contributed by atoms with Crippen molar-refractivity contribution < 1.29 is 23.9 Å². The molecule has 1 atom stereocenters. The van der Waals surface area contributed by atoms with E-state index in [4.69, 9.17) is 9.52 Å². The Morgan fingerprint density at radius 2 is 2.04 bits per heavy atom. The van der Waals surface area contributed by atoms with Crippen molar-refractivity contribution in [2.24, 2.45) is 5.10 Å². The van der Waals surface area contributed by atoms with E-state index in [0.717, 1.165) is 17.2 Å². The molecule has 26 heavy (non-hydrogen) atoms. The molecule has 4 rings (SSSR count). The topological polar surface area (TPSA) is 112 Å². The number of fused-ring (bicyclic) bond motifs is 2. The average Bonchev–Trinajstić information content (AvgIpc) is 3.33. The number of carbonyl (C=O) groups excluding carboxylic acids is 2. The predicted molar refractivity (Wildman–Crippen MR) is 90.2 cm³/mol. The van der Waals surface area contributed by atoms with E-state index in [-0.39, 0.29) is 6.42 Å². The van der Waals surface area contributed by atoms with Crippen LogP contribution in [-0.4, -0.2) is 33.6 Å². The predicted octanol–water partition coefficient (Wildman–Crippen LogP) is 1.70. The summed E-state index contributed by atoms with van der Waals surface area (Å²) in [5.74, 6) is -1.93. The largest absolute Gasteiger partial charge is 0.478 e. The van der Waals surface area contributed by atoms with Crippen molar-refractivity contribution in [3.8, 4) is 0 Å². The van der Waals surface area contributed by atoms with Crippen molar-refractivity contribution in [1.82, 2.24) is 5.01 Å². The molecule has 1 aromatic carbocycles. The van der Waals surface area contributed by atoms with Crippen molar-refractivity contribution in [3.63, 3.8) is 0 Å². The van der Waals surface area contributed by atoms with Crippen molar-refractivity contribution >= 4 is 29.2 Å². The molecule has 0 bridgehead atoms. The van der Waals surface area contributed by atoms with Crippen LogP contribution in [0.4, 0.5) is 5.69 Å². The molecule has 0 saturated carbocycles. The Kier molecular flexibility index (Phi) is 3.47. The first-order valence-corrected chi connectivity index (χ1v) is 7.80. The van der Waals surface area contributed by atoms with E-state index in [0.29, 0.717) is 22.7 Å². The number of nitrogens with zero attached hydrogens (tertiary/aromatic N) is 2. The molecule has 2 aromatic rings. The number of aliphatic carboxylic acids is 1. The van der Waals surface area contributed by atoms with Crippen LogP contribution in [0, 0.1) is 0 Å². The Morgan fingerprint density at radius 1 is 1.23 bits per heavy atom. The second kappa shape index (κ2) is 5.69. The van der Waals surface area contributed by atoms with E-state index >= 15 is 0 Å². The van der Waals surface area contributed by atoms with Crippen LogP contribution in [0.15, 0.2) is 64.3 Å². The number of amides is 2. The van der Waals surface area contributed by atoms with E-state index in [9.17, 15) is 14.4 Å². The van der Waals surface area contributed by atoms with E-state index in [1.54, 1.807) is 36.4 Å². The van der Waals surface area contributed by atoms with Gasteiger partial charge >= 0.3 is 5.97 Å². The third-order valence-corrected chi connectivity index (χ3v) is 4.38. The molecule has 2 N–H and O–H groups in total. The van der Waals surface area contributed by atoms with Crippen LogP contribution in [0.5, 0.6) is 0 Å². The number of para-hydroxylation sites is 1. The molecular weight excluding hydrogens is 338 g/mol. The van der Waals surface area contributed by atoms with Gasteiger partial charge in [0.05, 0.1) is 6.26 Å². The maximum atomic E-state index is 12.9. The zero-order valence-electron chi connectivity index (χ0n) is 13.4. The van der Waals surface area contributed by atoms with Gasteiger partial charge in [-0.1, -0.05) is 18.2 Å². The SMILES string of the molecule is O=C(O)/C=C\C(=O)N1N=C(c2ccco2)C[C@@]12C(=O)Nc1ccccc12. The highest BCUT2D eigenvalue weighted by atomic mass is 16.4. The Labute approximate surface area is 147 Å². The van der Waals surface area contributed by atoms with Crippen LogP contribution in [0.25, 0.3) is 0 Å². The molecular formula is C18H13N3O5. The van der Waals surface area contributed by atoms with Gasteiger partial charge in [0.15, 0.2) is 5.54 Å². The van der Waals surface area contributed by atoms with Gasteiger partial charge in [-0.25, -0.2) is 9.80 Å². The van der Waals surface area contributed by atoms with Gasteiger partial charge in [-0.15, -0.1) is 0 Å². The van der Waals surface area contributed by atoms with E-state index in [2.05, 4.69) is 10.4 Å². The molecule has 0 fully saturated rings. The summed E-state index contributed by atoms with van der Waals surface area (Å²) in [5, 5.41) is 16.9. The summed E-state index contributed by atoms with van der Waals surface area (Å²) < 4.78 is 5.36. The number of furan rings is 1. The van der Waals surface area contributed by atoms with E-state index in [1.807, 2.05) is 0 Å². The van der Waals surface area contributed by atoms with Gasteiger partial charge in [0.2, 0.25) is 0 Å². The highest BCUT2D eigenvalue weighted by molar-refractivity contribution is 6.15. The Balaban J connectivity index is 1.84. The minimum Gasteiger partial charge on any atom is -0.478 e. The number of hydrogen-bond acceptors (Lipinski definition) is 5. The number of benzene rings is 1.